The number of hydrogen-bond donors (Lipinski definition) is 2. The summed E-state index contributed by atoms with van der Waals surface area (Å²) in [6, 6.07) is 17.1. The minimum Gasteiger partial charge on any atom is -0.361 e. The maximum atomic E-state index is 12.2. The molecule has 3 aromatic rings. The maximum absolute atomic E-state index is 12.2. The number of anilines is 2. The van der Waals surface area contributed by atoms with Crippen LogP contribution in [0.15, 0.2) is 60.0 Å². The van der Waals surface area contributed by atoms with E-state index in [1.54, 1.807) is 23.5 Å². The number of carbonyl (C=O) groups is 1. The number of amides is 1. The Hall–Kier alpha value is -2.73. The Labute approximate surface area is 144 Å². The Morgan fingerprint density at radius 1 is 1.08 bits per heavy atom. The summed E-state index contributed by atoms with van der Waals surface area (Å²) in [5, 5.41) is 16.3. The molecule has 3 rings (SSSR count). The molecule has 1 aromatic carbocycles. The van der Waals surface area contributed by atoms with Crippen LogP contribution in [0.25, 0.3) is 0 Å². The minimum absolute atomic E-state index is 0.197. The first-order valence-corrected chi connectivity index (χ1v) is 8.64. The third-order valence-corrected chi connectivity index (χ3v) is 4.53. The van der Waals surface area contributed by atoms with Gasteiger partial charge in [0.15, 0.2) is 5.69 Å². The van der Waals surface area contributed by atoms with Crippen LogP contribution in [0.3, 0.4) is 0 Å². The normalized spacial score (nSPS) is 11.7. The standard InChI is InChI=1S/C18H18N4OS/c1-2-14(16-9-6-12-24-16)20-17-11-10-15(21-22-17)18(23)19-13-7-4-3-5-8-13/h3-12,14H,2H2,1H3,(H,19,23)(H,20,22). The Bertz CT molecular complexity index is 773. The maximum Gasteiger partial charge on any atom is 0.276 e. The molecule has 0 fully saturated rings. The number of rotatable bonds is 6. The van der Waals surface area contributed by atoms with Crippen LogP contribution in [0.1, 0.15) is 34.8 Å². The molecule has 1 unspecified atom stereocenters. The van der Waals surface area contributed by atoms with Crippen molar-refractivity contribution in [1.82, 2.24) is 10.2 Å². The van der Waals surface area contributed by atoms with Crippen LogP contribution in [-0.4, -0.2) is 16.1 Å². The number of thiophene rings is 1. The fraction of sp³-hybridized carbons (Fsp3) is 0.167. The number of carbonyl (C=O) groups excluding carboxylic acids is 1. The molecular weight excluding hydrogens is 320 g/mol. The molecule has 0 saturated carbocycles. The molecule has 0 aliphatic rings. The van der Waals surface area contributed by atoms with Crippen LogP contribution >= 0.6 is 11.3 Å². The molecule has 2 aromatic heterocycles. The van der Waals surface area contributed by atoms with Gasteiger partial charge in [-0.15, -0.1) is 21.5 Å². The van der Waals surface area contributed by atoms with Crippen molar-refractivity contribution in [3.05, 3.63) is 70.5 Å². The summed E-state index contributed by atoms with van der Waals surface area (Å²) in [6.07, 6.45) is 0.943. The molecule has 24 heavy (non-hydrogen) atoms. The van der Waals surface area contributed by atoms with Crippen LogP contribution in [0, 0.1) is 0 Å². The van der Waals surface area contributed by atoms with Crippen molar-refractivity contribution in [3.63, 3.8) is 0 Å². The first-order valence-electron chi connectivity index (χ1n) is 7.76. The van der Waals surface area contributed by atoms with Crippen molar-refractivity contribution in [2.45, 2.75) is 19.4 Å². The predicted octanol–water partition coefficient (Wildman–Crippen LogP) is 4.35. The lowest BCUT2D eigenvalue weighted by Gasteiger charge is -2.15. The lowest BCUT2D eigenvalue weighted by Crippen LogP contribution is -2.15. The second-order valence-electron chi connectivity index (χ2n) is 5.24. The summed E-state index contributed by atoms with van der Waals surface area (Å²) in [4.78, 5) is 13.4. The van der Waals surface area contributed by atoms with Crippen LogP contribution in [-0.2, 0) is 0 Å². The van der Waals surface area contributed by atoms with E-state index in [1.165, 1.54) is 4.88 Å². The number of nitrogens with one attached hydrogen (secondary N) is 2. The first kappa shape index (κ1) is 16.1. The summed E-state index contributed by atoms with van der Waals surface area (Å²) < 4.78 is 0. The highest BCUT2D eigenvalue weighted by molar-refractivity contribution is 7.10. The van der Waals surface area contributed by atoms with E-state index in [1.807, 2.05) is 36.4 Å². The molecule has 0 bridgehead atoms. The summed E-state index contributed by atoms with van der Waals surface area (Å²) >= 11 is 1.71. The third kappa shape index (κ3) is 3.97. The molecule has 0 aliphatic carbocycles. The van der Waals surface area contributed by atoms with Gasteiger partial charge < -0.3 is 10.6 Å². The van der Waals surface area contributed by atoms with Crippen LogP contribution in [0.5, 0.6) is 0 Å². The van der Waals surface area contributed by atoms with Gasteiger partial charge in [-0.05, 0) is 42.1 Å². The average Bonchev–Trinajstić information content (AvgIpc) is 3.15. The van der Waals surface area contributed by atoms with Gasteiger partial charge in [0.2, 0.25) is 0 Å². The third-order valence-electron chi connectivity index (χ3n) is 3.55. The smallest absolute Gasteiger partial charge is 0.276 e. The van der Waals surface area contributed by atoms with E-state index in [4.69, 9.17) is 0 Å². The quantitative estimate of drug-likeness (QED) is 0.701. The van der Waals surface area contributed by atoms with Crippen LogP contribution in [0.2, 0.25) is 0 Å². The van der Waals surface area contributed by atoms with Gasteiger partial charge in [-0.2, -0.15) is 0 Å². The van der Waals surface area contributed by atoms with Crippen molar-refractivity contribution in [2.75, 3.05) is 10.6 Å². The second kappa shape index (κ2) is 7.70. The Morgan fingerprint density at radius 2 is 1.92 bits per heavy atom. The summed E-state index contributed by atoms with van der Waals surface area (Å²) in [7, 11) is 0. The van der Waals surface area contributed by atoms with E-state index in [2.05, 4.69) is 39.2 Å². The van der Waals surface area contributed by atoms with Crippen LogP contribution < -0.4 is 10.6 Å². The van der Waals surface area contributed by atoms with E-state index in [9.17, 15) is 4.79 Å². The second-order valence-corrected chi connectivity index (χ2v) is 6.22. The highest BCUT2D eigenvalue weighted by atomic mass is 32.1. The first-order chi connectivity index (χ1) is 11.8. The predicted molar refractivity (Wildman–Crippen MR) is 97.4 cm³/mol. The molecule has 0 radical (unpaired) electrons. The number of benzene rings is 1. The Kier molecular flexibility index (Phi) is 5.18. The van der Waals surface area contributed by atoms with Gasteiger partial charge in [0, 0.05) is 10.6 Å². The summed E-state index contributed by atoms with van der Waals surface area (Å²) in [6.45, 7) is 2.12. The fourth-order valence-corrected chi connectivity index (χ4v) is 3.15. The highest BCUT2D eigenvalue weighted by Gasteiger charge is 2.12. The molecule has 2 N–H and O–H groups in total. The molecule has 0 aliphatic heterocycles. The summed E-state index contributed by atoms with van der Waals surface area (Å²) in [5.41, 5.74) is 1.02. The van der Waals surface area contributed by atoms with Crippen molar-refractivity contribution < 1.29 is 4.79 Å². The number of nitrogens with zero attached hydrogens (tertiary/aromatic N) is 2. The monoisotopic (exact) mass is 338 g/mol. The van der Waals surface area contributed by atoms with E-state index < -0.39 is 0 Å². The number of aromatic nitrogens is 2. The van der Waals surface area contributed by atoms with Gasteiger partial charge in [0.25, 0.3) is 5.91 Å². The van der Waals surface area contributed by atoms with Crippen LogP contribution in [0.4, 0.5) is 11.5 Å². The molecular formula is C18H18N4OS. The van der Waals surface area contributed by atoms with Crippen molar-refractivity contribution in [3.8, 4) is 0 Å². The van der Waals surface area contributed by atoms with E-state index in [-0.39, 0.29) is 17.6 Å². The number of para-hydroxylation sites is 1. The lowest BCUT2D eigenvalue weighted by atomic mass is 10.2. The van der Waals surface area contributed by atoms with Gasteiger partial charge >= 0.3 is 0 Å². The zero-order valence-corrected chi connectivity index (χ0v) is 14.1. The zero-order chi connectivity index (χ0) is 16.8. The SMILES string of the molecule is CCC(Nc1ccc(C(=O)Nc2ccccc2)nn1)c1cccs1. The fourth-order valence-electron chi connectivity index (χ4n) is 2.29. The molecule has 2 heterocycles. The molecule has 0 spiro atoms. The van der Waals surface area contributed by atoms with Gasteiger partial charge in [-0.3, -0.25) is 4.79 Å². The lowest BCUT2D eigenvalue weighted by molar-refractivity contribution is 0.102. The van der Waals surface area contributed by atoms with Gasteiger partial charge in [-0.1, -0.05) is 31.2 Å². The van der Waals surface area contributed by atoms with Crippen molar-refractivity contribution in [1.29, 1.82) is 0 Å². The number of hydrogen-bond acceptors (Lipinski definition) is 5. The van der Waals surface area contributed by atoms with E-state index >= 15 is 0 Å². The van der Waals surface area contributed by atoms with Gasteiger partial charge in [-0.25, -0.2) is 0 Å². The van der Waals surface area contributed by atoms with Gasteiger partial charge in [0.05, 0.1) is 6.04 Å². The molecule has 122 valence electrons. The molecule has 0 saturated heterocycles. The zero-order valence-electron chi connectivity index (χ0n) is 13.3. The summed E-state index contributed by atoms with van der Waals surface area (Å²) in [5.74, 6) is 0.386. The average molecular weight is 338 g/mol. The molecule has 1 amide bonds. The Balaban J connectivity index is 1.65. The van der Waals surface area contributed by atoms with E-state index in [0.29, 0.717) is 5.82 Å². The molecule has 5 nitrogen and oxygen atoms in total. The highest BCUT2D eigenvalue weighted by Crippen LogP contribution is 2.25. The minimum atomic E-state index is -0.273. The Morgan fingerprint density at radius 3 is 2.54 bits per heavy atom. The van der Waals surface area contributed by atoms with Gasteiger partial charge in [0.1, 0.15) is 5.82 Å². The van der Waals surface area contributed by atoms with Crippen molar-refractivity contribution >= 4 is 28.7 Å². The van der Waals surface area contributed by atoms with Crippen molar-refractivity contribution in [2.24, 2.45) is 0 Å². The molecule has 6 heteroatoms. The van der Waals surface area contributed by atoms with E-state index in [0.717, 1.165) is 12.1 Å². The topological polar surface area (TPSA) is 66.9 Å². The largest absolute Gasteiger partial charge is 0.361 e. The molecule has 1 atom stereocenters.